The lowest BCUT2D eigenvalue weighted by Crippen LogP contribution is -2.42. The van der Waals surface area contributed by atoms with E-state index in [1.165, 1.54) is 0 Å². The van der Waals surface area contributed by atoms with Gasteiger partial charge in [0.05, 0.1) is 12.7 Å². The Morgan fingerprint density at radius 1 is 1.80 bits per heavy atom. The summed E-state index contributed by atoms with van der Waals surface area (Å²) in [7, 11) is 0. The zero-order valence-electron chi connectivity index (χ0n) is 6.29. The monoisotopic (exact) mass is 144 g/mol. The summed E-state index contributed by atoms with van der Waals surface area (Å²) in [6.45, 7) is 4.17. The van der Waals surface area contributed by atoms with E-state index >= 15 is 0 Å². The second-order valence-corrected chi connectivity index (χ2v) is 2.42. The van der Waals surface area contributed by atoms with Crippen molar-refractivity contribution < 1.29 is 14.3 Å². The van der Waals surface area contributed by atoms with E-state index in [1.54, 1.807) is 6.92 Å². The molecule has 0 bridgehead atoms. The number of hydrogen-bond acceptors (Lipinski definition) is 3. The molecule has 1 aliphatic heterocycles. The summed E-state index contributed by atoms with van der Waals surface area (Å²) in [6.07, 6.45) is 0.753. The topological polar surface area (TPSA) is 35.5 Å². The second-order valence-electron chi connectivity index (χ2n) is 2.42. The molecule has 1 rings (SSSR count). The van der Waals surface area contributed by atoms with Crippen molar-refractivity contribution in [1.29, 1.82) is 0 Å². The fraction of sp³-hybridized carbons (Fsp3) is 0.857. The molecule has 1 heterocycles. The van der Waals surface area contributed by atoms with Crippen LogP contribution in [-0.4, -0.2) is 24.8 Å². The summed E-state index contributed by atoms with van der Waals surface area (Å²) in [5.41, 5.74) is 0. The number of rotatable bonds is 2. The van der Waals surface area contributed by atoms with Crippen LogP contribution >= 0.6 is 0 Å². The lowest BCUT2D eigenvalue weighted by molar-refractivity contribution is -0.181. The fourth-order valence-corrected chi connectivity index (χ4v) is 0.958. The Hall–Kier alpha value is -0.570. The van der Waals surface area contributed by atoms with Gasteiger partial charge in [-0.3, -0.25) is 0 Å². The molecule has 2 atom stereocenters. The van der Waals surface area contributed by atoms with Crippen molar-refractivity contribution in [3.63, 3.8) is 0 Å². The Labute approximate surface area is 60.3 Å². The molecule has 3 nitrogen and oxygen atoms in total. The minimum absolute atomic E-state index is 0.222. The maximum atomic E-state index is 10.8. The molecule has 0 aromatic carbocycles. The molecular weight excluding hydrogens is 132 g/mol. The summed E-state index contributed by atoms with van der Waals surface area (Å²) in [5, 5.41) is 0. The first kappa shape index (κ1) is 7.54. The van der Waals surface area contributed by atoms with Gasteiger partial charge in [-0.1, -0.05) is 0 Å². The first-order chi connectivity index (χ1) is 4.74. The number of ether oxygens (including phenoxy) is 2. The van der Waals surface area contributed by atoms with Crippen LogP contribution in [0.5, 0.6) is 0 Å². The highest BCUT2D eigenvalue weighted by molar-refractivity contribution is 5.75. The van der Waals surface area contributed by atoms with Crippen LogP contribution in [0.3, 0.4) is 0 Å². The molecule has 0 radical (unpaired) electrons. The van der Waals surface area contributed by atoms with Gasteiger partial charge >= 0.3 is 5.97 Å². The molecule has 0 aromatic rings. The average molecular weight is 144 g/mol. The molecule has 0 amide bonds. The molecule has 58 valence electrons. The SMILES string of the molecule is CCOC(=O)C1C[C@@H](C)O1. The minimum atomic E-state index is -0.282. The van der Waals surface area contributed by atoms with E-state index < -0.39 is 0 Å². The van der Waals surface area contributed by atoms with Gasteiger partial charge in [0.1, 0.15) is 0 Å². The third kappa shape index (κ3) is 1.48. The van der Waals surface area contributed by atoms with Crippen LogP contribution in [0, 0.1) is 0 Å². The third-order valence-electron chi connectivity index (χ3n) is 1.49. The van der Waals surface area contributed by atoms with E-state index in [1.807, 2.05) is 6.92 Å². The Kier molecular flexibility index (Phi) is 2.27. The smallest absolute Gasteiger partial charge is 0.335 e. The van der Waals surface area contributed by atoms with E-state index in [4.69, 9.17) is 9.47 Å². The Morgan fingerprint density at radius 2 is 2.40 bits per heavy atom. The Bertz CT molecular complexity index is 127. The zero-order chi connectivity index (χ0) is 7.56. The van der Waals surface area contributed by atoms with Crippen LogP contribution in [-0.2, 0) is 14.3 Å². The molecule has 1 saturated heterocycles. The summed E-state index contributed by atoms with van der Waals surface area (Å²) in [4.78, 5) is 10.8. The summed E-state index contributed by atoms with van der Waals surface area (Å²) >= 11 is 0. The molecule has 1 unspecified atom stereocenters. The van der Waals surface area contributed by atoms with E-state index in [-0.39, 0.29) is 18.2 Å². The molecule has 0 saturated carbocycles. The molecular formula is C7H12O3. The molecule has 1 aliphatic rings. The van der Waals surface area contributed by atoms with Crippen molar-refractivity contribution >= 4 is 5.97 Å². The number of carbonyl (C=O) groups excluding carboxylic acids is 1. The van der Waals surface area contributed by atoms with Gasteiger partial charge in [0.25, 0.3) is 0 Å². The van der Waals surface area contributed by atoms with Crippen molar-refractivity contribution in [3.8, 4) is 0 Å². The van der Waals surface area contributed by atoms with E-state index in [0.717, 1.165) is 6.42 Å². The van der Waals surface area contributed by atoms with E-state index in [0.29, 0.717) is 6.61 Å². The van der Waals surface area contributed by atoms with Crippen LogP contribution in [0.4, 0.5) is 0 Å². The van der Waals surface area contributed by atoms with Crippen molar-refractivity contribution in [1.82, 2.24) is 0 Å². The first-order valence-electron chi connectivity index (χ1n) is 3.56. The number of hydrogen-bond donors (Lipinski definition) is 0. The maximum Gasteiger partial charge on any atom is 0.335 e. The van der Waals surface area contributed by atoms with Crippen LogP contribution in [0.2, 0.25) is 0 Å². The van der Waals surface area contributed by atoms with Crippen molar-refractivity contribution in [3.05, 3.63) is 0 Å². The van der Waals surface area contributed by atoms with Crippen molar-refractivity contribution in [2.24, 2.45) is 0 Å². The fourth-order valence-electron chi connectivity index (χ4n) is 0.958. The molecule has 0 aromatic heterocycles. The standard InChI is InChI=1S/C7H12O3/c1-3-9-7(8)6-4-5(2)10-6/h5-6H,3-4H2,1-2H3/t5-,6?/m1/s1. The van der Waals surface area contributed by atoms with Gasteiger partial charge in [0.15, 0.2) is 6.10 Å². The van der Waals surface area contributed by atoms with Crippen LogP contribution in [0.1, 0.15) is 20.3 Å². The summed E-state index contributed by atoms with van der Waals surface area (Å²) < 4.78 is 9.81. The number of esters is 1. The number of carbonyl (C=O) groups is 1. The van der Waals surface area contributed by atoms with Crippen LogP contribution < -0.4 is 0 Å². The predicted octanol–water partition coefficient (Wildman–Crippen LogP) is 0.727. The highest BCUT2D eigenvalue weighted by atomic mass is 16.6. The zero-order valence-corrected chi connectivity index (χ0v) is 6.29. The summed E-state index contributed by atoms with van der Waals surface area (Å²) in [5.74, 6) is -0.222. The van der Waals surface area contributed by atoms with Gasteiger partial charge in [0.2, 0.25) is 0 Å². The molecule has 3 heteroatoms. The van der Waals surface area contributed by atoms with E-state index in [9.17, 15) is 4.79 Å². The molecule has 0 spiro atoms. The summed E-state index contributed by atoms with van der Waals surface area (Å²) in [6, 6.07) is 0. The van der Waals surface area contributed by atoms with Gasteiger partial charge in [-0.05, 0) is 13.8 Å². The highest BCUT2D eigenvalue weighted by Crippen LogP contribution is 2.20. The van der Waals surface area contributed by atoms with Crippen LogP contribution in [0.15, 0.2) is 0 Å². The molecule has 0 aliphatic carbocycles. The largest absolute Gasteiger partial charge is 0.464 e. The van der Waals surface area contributed by atoms with Gasteiger partial charge in [-0.2, -0.15) is 0 Å². The van der Waals surface area contributed by atoms with Gasteiger partial charge in [0, 0.05) is 6.42 Å². The van der Waals surface area contributed by atoms with Crippen LogP contribution in [0.25, 0.3) is 0 Å². The minimum Gasteiger partial charge on any atom is -0.464 e. The molecule has 10 heavy (non-hydrogen) atoms. The average Bonchev–Trinajstić information content (AvgIpc) is 1.82. The second kappa shape index (κ2) is 3.01. The predicted molar refractivity (Wildman–Crippen MR) is 35.6 cm³/mol. The highest BCUT2D eigenvalue weighted by Gasteiger charge is 2.33. The lowest BCUT2D eigenvalue weighted by atomic mass is 10.1. The Morgan fingerprint density at radius 3 is 2.80 bits per heavy atom. The molecule has 0 N–H and O–H groups in total. The van der Waals surface area contributed by atoms with Crippen molar-refractivity contribution in [2.45, 2.75) is 32.5 Å². The maximum absolute atomic E-state index is 10.8. The van der Waals surface area contributed by atoms with Gasteiger partial charge in [-0.25, -0.2) is 4.79 Å². The normalized spacial score (nSPS) is 31.0. The molecule has 1 fully saturated rings. The van der Waals surface area contributed by atoms with Crippen molar-refractivity contribution in [2.75, 3.05) is 6.61 Å². The lowest BCUT2D eigenvalue weighted by Gasteiger charge is -2.31. The first-order valence-corrected chi connectivity index (χ1v) is 3.56. The Balaban J connectivity index is 2.18. The third-order valence-corrected chi connectivity index (χ3v) is 1.49. The van der Waals surface area contributed by atoms with Gasteiger partial charge in [-0.15, -0.1) is 0 Å². The van der Waals surface area contributed by atoms with E-state index in [2.05, 4.69) is 0 Å². The quantitative estimate of drug-likeness (QED) is 0.536. The van der Waals surface area contributed by atoms with Gasteiger partial charge < -0.3 is 9.47 Å².